The summed E-state index contributed by atoms with van der Waals surface area (Å²) in [7, 11) is -0.552. The van der Waals surface area contributed by atoms with Crippen molar-refractivity contribution in [2.24, 2.45) is 0 Å². The molecule has 6 nitrogen and oxygen atoms in total. The van der Waals surface area contributed by atoms with Gasteiger partial charge in [0.25, 0.3) is 0 Å². The van der Waals surface area contributed by atoms with E-state index in [4.69, 9.17) is 0 Å². The summed E-state index contributed by atoms with van der Waals surface area (Å²) in [6.45, 7) is 1.93. The fourth-order valence-corrected chi connectivity index (χ4v) is 3.56. The quantitative estimate of drug-likeness (QED) is 0.747. The van der Waals surface area contributed by atoms with Crippen LogP contribution in [0.1, 0.15) is 18.5 Å². The third kappa shape index (κ3) is 5.29. The van der Waals surface area contributed by atoms with E-state index in [1.807, 2.05) is 37.3 Å². The van der Waals surface area contributed by atoms with Gasteiger partial charge in [-0.1, -0.05) is 42.1 Å². The summed E-state index contributed by atoms with van der Waals surface area (Å²) in [5.74, 6) is 0.109. The average molecular weight is 380 g/mol. The molecule has 8 heteroatoms. The second kappa shape index (κ2) is 8.46. The first-order chi connectivity index (χ1) is 11.8. The number of carbonyl (C=O) groups excluding carboxylic acids is 1. The Morgan fingerprint density at radius 2 is 1.88 bits per heavy atom. The van der Waals surface area contributed by atoms with Gasteiger partial charge in [-0.15, -0.1) is 0 Å². The van der Waals surface area contributed by atoms with Crippen LogP contribution in [0.15, 0.2) is 58.6 Å². The first-order valence-corrected chi connectivity index (χ1v) is 10.1. The summed E-state index contributed by atoms with van der Waals surface area (Å²) < 4.78 is 25.1. The summed E-state index contributed by atoms with van der Waals surface area (Å²) >= 11 is 1.26. The largest absolute Gasteiger partial charge is 0.349 e. The highest BCUT2D eigenvalue weighted by molar-refractivity contribution is 7.99. The van der Waals surface area contributed by atoms with Crippen molar-refractivity contribution in [3.05, 3.63) is 54.2 Å². The zero-order valence-corrected chi connectivity index (χ0v) is 16.0. The summed E-state index contributed by atoms with van der Waals surface area (Å²) in [4.78, 5) is 16.3. The number of amides is 1. The number of nitrogens with one attached hydrogen (secondary N) is 1. The van der Waals surface area contributed by atoms with Crippen LogP contribution in [0.25, 0.3) is 0 Å². The molecule has 134 valence electrons. The molecule has 2 rings (SSSR count). The van der Waals surface area contributed by atoms with Crippen molar-refractivity contribution in [2.75, 3.05) is 19.8 Å². The van der Waals surface area contributed by atoms with E-state index in [-0.39, 0.29) is 22.6 Å². The predicted molar refractivity (Wildman–Crippen MR) is 98.8 cm³/mol. The van der Waals surface area contributed by atoms with Gasteiger partial charge in [0.1, 0.15) is 4.90 Å². The molecule has 0 aliphatic rings. The van der Waals surface area contributed by atoms with E-state index in [2.05, 4.69) is 10.3 Å². The maximum absolute atomic E-state index is 12.1. The molecule has 0 radical (unpaired) electrons. The van der Waals surface area contributed by atoms with E-state index in [9.17, 15) is 13.2 Å². The van der Waals surface area contributed by atoms with Gasteiger partial charge in [0.05, 0.1) is 16.8 Å². The van der Waals surface area contributed by atoms with E-state index in [1.165, 1.54) is 38.1 Å². The number of pyridine rings is 1. The van der Waals surface area contributed by atoms with Gasteiger partial charge in [0.15, 0.2) is 0 Å². The monoisotopic (exact) mass is 379 g/mol. The number of hydrogen-bond donors (Lipinski definition) is 1. The van der Waals surface area contributed by atoms with Crippen LogP contribution in [-0.2, 0) is 14.8 Å². The number of carbonyl (C=O) groups is 1. The van der Waals surface area contributed by atoms with Crippen LogP contribution in [-0.4, -0.2) is 43.5 Å². The van der Waals surface area contributed by atoms with Crippen LogP contribution in [0.5, 0.6) is 0 Å². The molecule has 0 bridgehead atoms. The summed E-state index contributed by atoms with van der Waals surface area (Å²) in [5, 5.41) is 3.52. The van der Waals surface area contributed by atoms with E-state index < -0.39 is 10.0 Å². The zero-order valence-electron chi connectivity index (χ0n) is 14.3. The Hall–Kier alpha value is -1.90. The first kappa shape index (κ1) is 19.4. The molecule has 0 aliphatic carbocycles. The van der Waals surface area contributed by atoms with E-state index in [0.717, 1.165) is 9.87 Å². The fourth-order valence-electron chi connectivity index (χ4n) is 2.06. The second-order valence-corrected chi connectivity index (χ2v) is 8.76. The Morgan fingerprint density at radius 3 is 2.44 bits per heavy atom. The van der Waals surface area contributed by atoms with Gasteiger partial charge in [0.2, 0.25) is 15.9 Å². The molecule has 1 unspecified atom stereocenters. The minimum absolute atomic E-state index is 0.0742. The average Bonchev–Trinajstić information content (AvgIpc) is 2.61. The van der Waals surface area contributed by atoms with Crippen molar-refractivity contribution in [1.82, 2.24) is 14.6 Å². The Labute approximate surface area is 152 Å². The molecular formula is C17H21N3O3S2. The molecule has 1 heterocycles. The lowest BCUT2D eigenvalue weighted by molar-refractivity contribution is -0.119. The molecule has 0 spiro atoms. The lowest BCUT2D eigenvalue weighted by atomic mass is 10.1. The second-order valence-electron chi connectivity index (χ2n) is 5.61. The minimum Gasteiger partial charge on any atom is -0.349 e. The molecule has 0 aliphatic heterocycles. The smallest absolute Gasteiger partial charge is 0.244 e. The number of sulfonamides is 1. The van der Waals surface area contributed by atoms with Gasteiger partial charge in [-0.3, -0.25) is 4.79 Å². The molecule has 1 aromatic heterocycles. The van der Waals surface area contributed by atoms with E-state index in [0.29, 0.717) is 5.03 Å². The molecule has 0 fully saturated rings. The maximum atomic E-state index is 12.1. The Kier molecular flexibility index (Phi) is 6.57. The van der Waals surface area contributed by atoms with Gasteiger partial charge in [-0.2, -0.15) is 0 Å². The van der Waals surface area contributed by atoms with Crippen LogP contribution in [0.3, 0.4) is 0 Å². The number of aromatic nitrogens is 1. The normalized spacial score (nSPS) is 12.8. The van der Waals surface area contributed by atoms with Crippen molar-refractivity contribution in [3.8, 4) is 0 Å². The van der Waals surface area contributed by atoms with Gasteiger partial charge in [-0.05, 0) is 24.6 Å². The van der Waals surface area contributed by atoms with Crippen molar-refractivity contribution < 1.29 is 13.2 Å². The molecule has 1 aromatic carbocycles. The number of nitrogens with zero attached hydrogens (tertiary/aromatic N) is 2. The van der Waals surface area contributed by atoms with E-state index in [1.54, 1.807) is 6.07 Å². The summed E-state index contributed by atoms with van der Waals surface area (Å²) in [6.07, 6.45) is 1.31. The highest BCUT2D eigenvalue weighted by Crippen LogP contribution is 2.19. The summed E-state index contributed by atoms with van der Waals surface area (Å²) in [5.41, 5.74) is 1.04. The van der Waals surface area contributed by atoms with Gasteiger partial charge in [-0.25, -0.2) is 17.7 Å². The van der Waals surface area contributed by atoms with Crippen LogP contribution in [0.2, 0.25) is 0 Å². The molecule has 1 atom stereocenters. The molecule has 1 N–H and O–H groups in total. The molecule has 2 aromatic rings. The molecule has 25 heavy (non-hydrogen) atoms. The third-order valence-electron chi connectivity index (χ3n) is 3.52. The standard InChI is InChI=1S/C17H21N3O3S2/c1-13(14-7-5-4-6-8-14)19-16(21)12-24-17-10-9-15(11-18-17)25(22,23)20(2)3/h4-11,13H,12H2,1-3H3,(H,19,21). The van der Waals surface area contributed by atoms with Crippen molar-refractivity contribution >= 4 is 27.7 Å². The van der Waals surface area contributed by atoms with Crippen molar-refractivity contribution in [2.45, 2.75) is 22.9 Å². The fraction of sp³-hybridized carbons (Fsp3) is 0.294. The SMILES string of the molecule is CC(NC(=O)CSc1ccc(S(=O)(=O)N(C)C)cn1)c1ccccc1. The van der Waals surface area contributed by atoms with Gasteiger partial charge < -0.3 is 5.32 Å². The number of rotatable bonds is 7. The minimum atomic E-state index is -3.49. The molecule has 1 amide bonds. The Bertz CT molecular complexity index is 807. The highest BCUT2D eigenvalue weighted by Gasteiger charge is 2.17. The van der Waals surface area contributed by atoms with Gasteiger partial charge in [0, 0.05) is 20.3 Å². The number of benzene rings is 1. The Balaban J connectivity index is 1.90. The number of thioether (sulfide) groups is 1. The lowest BCUT2D eigenvalue weighted by Crippen LogP contribution is -2.28. The topological polar surface area (TPSA) is 79.4 Å². The Morgan fingerprint density at radius 1 is 1.20 bits per heavy atom. The van der Waals surface area contributed by atoms with Crippen LogP contribution >= 0.6 is 11.8 Å². The van der Waals surface area contributed by atoms with Crippen LogP contribution < -0.4 is 5.32 Å². The predicted octanol–water partition coefficient (Wildman–Crippen LogP) is 2.30. The maximum Gasteiger partial charge on any atom is 0.244 e. The highest BCUT2D eigenvalue weighted by atomic mass is 32.2. The molecule has 0 saturated carbocycles. The van der Waals surface area contributed by atoms with Gasteiger partial charge >= 0.3 is 0 Å². The zero-order chi connectivity index (χ0) is 18.4. The molecule has 0 saturated heterocycles. The van der Waals surface area contributed by atoms with E-state index >= 15 is 0 Å². The third-order valence-corrected chi connectivity index (χ3v) is 6.26. The number of hydrogen-bond acceptors (Lipinski definition) is 5. The van der Waals surface area contributed by atoms with Crippen molar-refractivity contribution in [3.63, 3.8) is 0 Å². The lowest BCUT2D eigenvalue weighted by Gasteiger charge is -2.14. The molecular weight excluding hydrogens is 358 g/mol. The first-order valence-electron chi connectivity index (χ1n) is 7.66. The van der Waals surface area contributed by atoms with Crippen LogP contribution in [0, 0.1) is 0 Å². The van der Waals surface area contributed by atoms with Crippen LogP contribution in [0.4, 0.5) is 0 Å². The summed E-state index contributed by atoms with van der Waals surface area (Å²) in [6, 6.07) is 12.7. The van der Waals surface area contributed by atoms with Crippen molar-refractivity contribution in [1.29, 1.82) is 0 Å².